The molecule has 1 atom stereocenters. The third-order valence-electron chi connectivity index (χ3n) is 6.51. The highest BCUT2D eigenvalue weighted by Gasteiger charge is 2.22. The Labute approximate surface area is 219 Å². The van der Waals surface area contributed by atoms with Crippen LogP contribution in [0.5, 0.6) is 11.5 Å². The van der Waals surface area contributed by atoms with Gasteiger partial charge in [-0.1, -0.05) is 36.4 Å². The number of carbonyl (C=O) groups excluding carboxylic acids is 1. The van der Waals surface area contributed by atoms with Gasteiger partial charge in [0, 0.05) is 16.1 Å². The molecule has 1 N–H and O–H groups in total. The minimum Gasteiger partial charge on any atom is -0.457 e. The predicted molar refractivity (Wildman–Crippen MR) is 150 cm³/mol. The van der Waals surface area contributed by atoms with E-state index in [1.165, 1.54) is 27.8 Å². The normalized spacial score (nSPS) is 11.9. The van der Waals surface area contributed by atoms with Crippen molar-refractivity contribution in [2.45, 2.75) is 33.7 Å². The van der Waals surface area contributed by atoms with Crippen LogP contribution < -0.4 is 15.6 Å². The van der Waals surface area contributed by atoms with Crippen molar-refractivity contribution in [1.82, 2.24) is 9.55 Å². The molecule has 5 aromatic rings. The van der Waals surface area contributed by atoms with E-state index < -0.39 is 6.04 Å². The number of aryl methyl sites for hydroxylation is 3. The number of nitrogens with one attached hydrogen (secondary N) is 1. The lowest BCUT2D eigenvalue weighted by Gasteiger charge is -2.15. The molecule has 1 unspecified atom stereocenters. The van der Waals surface area contributed by atoms with Gasteiger partial charge < -0.3 is 10.1 Å². The lowest BCUT2D eigenvalue weighted by Crippen LogP contribution is -2.31. The van der Waals surface area contributed by atoms with Crippen molar-refractivity contribution in [3.8, 4) is 22.6 Å². The molecule has 2 aromatic heterocycles. The predicted octanol–water partition coefficient (Wildman–Crippen LogP) is 7.04. The number of fused-ring (bicyclic) bond motifs is 1. The fourth-order valence-corrected chi connectivity index (χ4v) is 5.24. The Morgan fingerprint density at radius 1 is 0.946 bits per heavy atom. The topological polar surface area (TPSA) is 73.2 Å². The SMILES string of the molecule is Cc1ccc(-c2c(C)sc3ncn(C(C)C(=O)Nc4ccc(Oc5ccccc5)cc4)c(=O)c23)cc1C. The van der Waals surface area contributed by atoms with E-state index >= 15 is 0 Å². The molecule has 0 aliphatic heterocycles. The van der Waals surface area contributed by atoms with Gasteiger partial charge in [-0.15, -0.1) is 11.3 Å². The van der Waals surface area contributed by atoms with Gasteiger partial charge >= 0.3 is 0 Å². The molecular weight excluding hydrogens is 482 g/mol. The van der Waals surface area contributed by atoms with Crippen LogP contribution in [0.15, 0.2) is 83.9 Å². The van der Waals surface area contributed by atoms with Crippen LogP contribution in [-0.4, -0.2) is 15.5 Å². The molecule has 37 heavy (non-hydrogen) atoms. The van der Waals surface area contributed by atoms with Crippen molar-refractivity contribution in [3.05, 3.63) is 105 Å². The summed E-state index contributed by atoms with van der Waals surface area (Å²) < 4.78 is 7.21. The van der Waals surface area contributed by atoms with E-state index in [0.717, 1.165) is 27.3 Å². The Balaban J connectivity index is 1.40. The summed E-state index contributed by atoms with van der Waals surface area (Å²) in [6.07, 6.45) is 1.46. The molecule has 3 aromatic carbocycles. The molecule has 186 valence electrons. The van der Waals surface area contributed by atoms with E-state index in [0.29, 0.717) is 21.7 Å². The molecule has 5 rings (SSSR count). The van der Waals surface area contributed by atoms with E-state index in [1.54, 1.807) is 31.2 Å². The van der Waals surface area contributed by atoms with Crippen molar-refractivity contribution < 1.29 is 9.53 Å². The van der Waals surface area contributed by atoms with E-state index in [4.69, 9.17) is 4.74 Å². The number of para-hydroxylation sites is 1. The first kappa shape index (κ1) is 24.5. The maximum atomic E-state index is 13.6. The summed E-state index contributed by atoms with van der Waals surface area (Å²) in [4.78, 5) is 33.0. The number of ether oxygens (including phenoxy) is 1. The number of rotatable bonds is 6. The molecule has 1 amide bonds. The molecule has 0 saturated heterocycles. The van der Waals surface area contributed by atoms with Crippen molar-refractivity contribution in [2.75, 3.05) is 5.32 Å². The van der Waals surface area contributed by atoms with Crippen LogP contribution in [0.2, 0.25) is 0 Å². The maximum absolute atomic E-state index is 13.6. The third kappa shape index (κ3) is 4.90. The fraction of sp³-hybridized carbons (Fsp3) is 0.167. The summed E-state index contributed by atoms with van der Waals surface area (Å²) in [5.41, 5.74) is 4.61. The number of benzene rings is 3. The molecule has 0 aliphatic carbocycles. The number of thiophene rings is 1. The summed E-state index contributed by atoms with van der Waals surface area (Å²) in [7, 11) is 0. The molecule has 2 heterocycles. The lowest BCUT2D eigenvalue weighted by molar-refractivity contribution is -0.118. The molecule has 0 aliphatic rings. The zero-order valence-corrected chi connectivity index (χ0v) is 21.9. The number of nitrogens with zero attached hydrogens (tertiary/aromatic N) is 2. The third-order valence-corrected chi connectivity index (χ3v) is 7.52. The van der Waals surface area contributed by atoms with Crippen molar-refractivity contribution in [1.29, 1.82) is 0 Å². The van der Waals surface area contributed by atoms with Gasteiger partial charge in [-0.05, 0) is 80.8 Å². The molecular formula is C30H27N3O3S. The van der Waals surface area contributed by atoms with Crippen LogP contribution in [0.1, 0.15) is 29.0 Å². The van der Waals surface area contributed by atoms with Gasteiger partial charge in [-0.3, -0.25) is 14.2 Å². The summed E-state index contributed by atoms with van der Waals surface area (Å²) >= 11 is 1.49. The first-order chi connectivity index (χ1) is 17.8. The quantitative estimate of drug-likeness (QED) is 0.266. The second-order valence-corrected chi connectivity index (χ2v) is 10.3. The second kappa shape index (κ2) is 10.0. The number of amides is 1. The summed E-state index contributed by atoms with van der Waals surface area (Å²) in [5.74, 6) is 1.09. The Hall–Kier alpha value is -4.23. The van der Waals surface area contributed by atoms with Crippen LogP contribution in [0, 0.1) is 20.8 Å². The Kier molecular flexibility index (Phi) is 6.63. The highest BCUT2D eigenvalue weighted by Crippen LogP contribution is 2.36. The average molecular weight is 510 g/mol. The van der Waals surface area contributed by atoms with Crippen molar-refractivity contribution in [2.24, 2.45) is 0 Å². The number of anilines is 1. The first-order valence-electron chi connectivity index (χ1n) is 12.0. The van der Waals surface area contributed by atoms with Crippen LogP contribution in [0.4, 0.5) is 5.69 Å². The fourth-order valence-electron chi connectivity index (χ4n) is 4.24. The number of hydrogen-bond acceptors (Lipinski definition) is 5. The maximum Gasteiger partial charge on any atom is 0.263 e. The molecule has 0 fully saturated rings. The van der Waals surface area contributed by atoms with Crippen LogP contribution in [0.3, 0.4) is 0 Å². The minimum absolute atomic E-state index is 0.225. The van der Waals surface area contributed by atoms with Gasteiger partial charge in [0.25, 0.3) is 5.56 Å². The average Bonchev–Trinajstić information content (AvgIpc) is 3.24. The largest absolute Gasteiger partial charge is 0.457 e. The summed E-state index contributed by atoms with van der Waals surface area (Å²) in [6, 6.07) is 22.1. The first-order valence-corrected chi connectivity index (χ1v) is 12.8. The standard InChI is InChI=1S/C30H27N3O3S/c1-18-10-11-22(16-19(18)2)26-21(4)37-29-27(26)30(35)33(17-31-29)20(3)28(34)32-23-12-14-25(15-13-23)36-24-8-6-5-7-9-24/h5-17,20H,1-4H3,(H,32,34). The molecule has 0 spiro atoms. The van der Waals surface area contributed by atoms with Crippen LogP contribution in [0.25, 0.3) is 21.3 Å². The van der Waals surface area contributed by atoms with Gasteiger partial charge in [0.1, 0.15) is 22.4 Å². The summed E-state index contributed by atoms with van der Waals surface area (Å²) in [6.45, 7) is 7.83. The Morgan fingerprint density at radius 2 is 1.65 bits per heavy atom. The molecule has 6 nitrogen and oxygen atoms in total. The lowest BCUT2D eigenvalue weighted by atomic mass is 9.99. The molecule has 0 saturated carbocycles. The molecule has 0 radical (unpaired) electrons. The van der Waals surface area contributed by atoms with E-state index in [2.05, 4.69) is 36.3 Å². The summed E-state index contributed by atoms with van der Waals surface area (Å²) in [5, 5.41) is 3.44. The van der Waals surface area contributed by atoms with Gasteiger partial charge in [0.15, 0.2) is 0 Å². The van der Waals surface area contributed by atoms with Crippen LogP contribution in [-0.2, 0) is 4.79 Å². The zero-order valence-electron chi connectivity index (χ0n) is 21.1. The van der Waals surface area contributed by atoms with E-state index in [1.807, 2.05) is 43.3 Å². The number of carbonyl (C=O) groups is 1. The molecule has 7 heteroatoms. The number of hydrogen-bond donors (Lipinski definition) is 1. The Bertz CT molecular complexity index is 1650. The second-order valence-electron chi connectivity index (χ2n) is 9.07. The highest BCUT2D eigenvalue weighted by atomic mass is 32.1. The highest BCUT2D eigenvalue weighted by molar-refractivity contribution is 7.19. The van der Waals surface area contributed by atoms with Gasteiger partial charge in [0.2, 0.25) is 5.91 Å². The smallest absolute Gasteiger partial charge is 0.263 e. The van der Waals surface area contributed by atoms with Gasteiger partial charge in [-0.25, -0.2) is 4.98 Å². The zero-order chi connectivity index (χ0) is 26.1. The number of aromatic nitrogens is 2. The van der Waals surface area contributed by atoms with Gasteiger partial charge in [-0.2, -0.15) is 0 Å². The van der Waals surface area contributed by atoms with Gasteiger partial charge in [0.05, 0.1) is 11.7 Å². The van der Waals surface area contributed by atoms with E-state index in [9.17, 15) is 9.59 Å². The van der Waals surface area contributed by atoms with Crippen LogP contribution >= 0.6 is 11.3 Å². The molecule has 0 bridgehead atoms. The van der Waals surface area contributed by atoms with E-state index in [-0.39, 0.29) is 11.5 Å². The van der Waals surface area contributed by atoms with Crippen molar-refractivity contribution in [3.63, 3.8) is 0 Å². The van der Waals surface area contributed by atoms with Crippen molar-refractivity contribution >= 4 is 33.1 Å². The Morgan fingerprint density at radius 3 is 2.35 bits per heavy atom. The minimum atomic E-state index is -0.752. The monoisotopic (exact) mass is 509 g/mol.